The second-order valence-corrected chi connectivity index (χ2v) is 8.08. The number of carbonyl (C=O) groups excluding carboxylic acids is 1. The van der Waals surface area contributed by atoms with E-state index in [1.165, 1.54) is 6.07 Å². The first kappa shape index (κ1) is 21.9. The van der Waals surface area contributed by atoms with Crippen LogP contribution in [0.2, 0.25) is 0 Å². The van der Waals surface area contributed by atoms with Crippen molar-refractivity contribution in [3.05, 3.63) is 86.9 Å². The summed E-state index contributed by atoms with van der Waals surface area (Å²) < 4.78 is 13.2. The molecule has 0 radical (unpaired) electrons. The molecule has 3 heterocycles. The molecule has 4 rings (SSSR count). The number of amides is 1. The molecule has 2 aliphatic rings. The van der Waals surface area contributed by atoms with Gasteiger partial charge in [-0.05, 0) is 38.0 Å². The lowest BCUT2D eigenvalue weighted by Gasteiger charge is -2.44. The molecular weight excluding hydrogens is 406 g/mol. The molecule has 7 nitrogen and oxygen atoms in total. The molecule has 1 unspecified atom stereocenters. The Hall–Kier alpha value is -3.32. The SMILES string of the molecule is C/C=C\C1=C(C)C(N2CN(CCOC)C(=O)c3c(C)c(=O)ccn32)c2ccccc2OC1. The number of nitrogens with zero attached hydrogens (tertiary/aromatic N) is 3. The van der Waals surface area contributed by atoms with E-state index >= 15 is 0 Å². The Morgan fingerprint density at radius 3 is 2.72 bits per heavy atom. The van der Waals surface area contributed by atoms with E-state index in [9.17, 15) is 9.59 Å². The predicted molar refractivity (Wildman–Crippen MR) is 124 cm³/mol. The van der Waals surface area contributed by atoms with Gasteiger partial charge in [-0.15, -0.1) is 0 Å². The number of rotatable bonds is 5. The van der Waals surface area contributed by atoms with Gasteiger partial charge in [0.05, 0.1) is 12.6 Å². The van der Waals surface area contributed by atoms with E-state index in [-0.39, 0.29) is 17.4 Å². The third kappa shape index (κ3) is 3.73. The Morgan fingerprint density at radius 1 is 1.19 bits per heavy atom. The van der Waals surface area contributed by atoms with Crippen molar-refractivity contribution in [2.24, 2.45) is 0 Å². The van der Waals surface area contributed by atoms with Crippen molar-refractivity contribution in [1.29, 1.82) is 0 Å². The van der Waals surface area contributed by atoms with Crippen molar-refractivity contribution in [1.82, 2.24) is 9.58 Å². The fourth-order valence-electron chi connectivity index (χ4n) is 4.42. The molecule has 0 aliphatic carbocycles. The van der Waals surface area contributed by atoms with Gasteiger partial charge in [0.2, 0.25) is 0 Å². The summed E-state index contributed by atoms with van der Waals surface area (Å²) in [5.41, 5.74) is 3.93. The van der Waals surface area contributed by atoms with Gasteiger partial charge in [-0.3, -0.25) is 19.3 Å². The van der Waals surface area contributed by atoms with Gasteiger partial charge in [-0.25, -0.2) is 0 Å². The molecule has 1 aromatic heterocycles. The van der Waals surface area contributed by atoms with Gasteiger partial charge in [-0.1, -0.05) is 30.4 Å². The highest BCUT2D eigenvalue weighted by Crippen LogP contribution is 2.39. The van der Waals surface area contributed by atoms with Gasteiger partial charge >= 0.3 is 0 Å². The van der Waals surface area contributed by atoms with Crippen LogP contribution in [-0.4, -0.2) is 49.0 Å². The van der Waals surface area contributed by atoms with Crippen LogP contribution in [0.5, 0.6) is 5.75 Å². The van der Waals surface area contributed by atoms with Crippen LogP contribution in [0.4, 0.5) is 0 Å². The molecule has 0 N–H and O–H groups in total. The maximum absolute atomic E-state index is 13.3. The third-order valence-electron chi connectivity index (χ3n) is 6.15. The Kier molecular flexibility index (Phi) is 6.19. The molecule has 168 valence electrons. The van der Waals surface area contributed by atoms with Crippen molar-refractivity contribution >= 4 is 5.91 Å². The smallest absolute Gasteiger partial charge is 0.274 e. The second kappa shape index (κ2) is 9.04. The number of aromatic nitrogens is 1. The highest BCUT2D eigenvalue weighted by Gasteiger charge is 2.37. The van der Waals surface area contributed by atoms with Gasteiger partial charge in [0.15, 0.2) is 5.43 Å². The standard InChI is InChI=1S/C25H29N3O4/c1-5-8-19-15-32-22-10-7-6-9-20(22)23(17(19)2)28-16-26(13-14-31-4)25(30)24-18(3)21(29)11-12-27(24)28/h5-12,23H,13-16H2,1-4H3/b8-5-. The molecule has 2 aliphatic heterocycles. The molecule has 0 spiro atoms. The van der Waals surface area contributed by atoms with E-state index in [0.29, 0.717) is 37.7 Å². The molecule has 2 aromatic rings. The minimum absolute atomic E-state index is 0.149. The minimum atomic E-state index is -0.182. The number of allylic oxidation sites excluding steroid dienone is 1. The quantitative estimate of drug-likeness (QED) is 0.722. The lowest BCUT2D eigenvalue weighted by molar-refractivity contribution is 0.0618. The number of benzene rings is 1. The topological polar surface area (TPSA) is 64.0 Å². The summed E-state index contributed by atoms with van der Waals surface area (Å²) in [6.45, 7) is 7.49. The van der Waals surface area contributed by atoms with Gasteiger partial charge < -0.3 is 14.4 Å². The number of carbonyl (C=O) groups is 1. The number of pyridine rings is 1. The zero-order valence-corrected chi connectivity index (χ0v) is 19.0. The Morgan fingerprint density at radius 2 is 1.97 bits per heavy atom. The Balaban J connectivity index is 1.94. The van der Waals surface area contributed by atoms with Gasteiger partial charge in [-0.2, -0.15) is 0 Å². The molecule has 0 bridgehead atoms. The fraction of sp³-hybridized carbons (Fsp3) is 0.360. The monoisotopic (exact) mass is 435 g/mol. The summed E-state index contributed by atoms with van der Waals surface area (Å²) in [6, 6.07) is 9.34. The molecule has 0 fully saturated rings. The van der Waals surface area contributed by atoms with Crippen molar-refractivity contribution in [3.8, 4) is 5.75 Å². The fourth-order valence-corrected chi connectivity index (χ4v) is 4.42. The van der Waals surface area contributed by atoms with E-state index < -0.39 is 0 Å². The lowest BCUT2D eigenvalue weighted by atomic mass is 9.95. The normalized spacial score (nSPS) is 18.5. The first-order valence-electron chi connectivity index (χ1n) is 10.8. The molecule has 0 saturated carbocycles. The molecule has 1 aromatic carbocycles. The van der Waals surface area contributed by atoms with Crippen molar-refractivity contribution < 1.29 is 14.3 Å². The Bertz CT molecular complexity index is 1150. The summed E-state index contributed by atoms with van der Waals surface area (Å²) in [4.78, 5) is 27.5. The van der Waals surface area contributed by atoms with Crippen molar-refractivity contribution in [3.63, 3.8) is 0 Å². The lowest BCUT2D eigenvalue weighted by Crippen LogP contribution is -2.56. The van der Waals surface area contributed by atoms with Crippen LogP contribution in [0.3, 0.4) is 0 Å². The van der Waals surface area contributed by atoms with Crippen LogP contribution in [0.25, 0.3) is 0 Å². The summed E-state index contributed by atoms with van der Waals surface area (Å²) in [5.74, 6) is 0.651. The van der Waals surface area contributed by atoms with Gasteiger partial charge in [0, 0.05) is 37.0 Å². The first-order chi connectivity index (χ1) is 15.5. The van der Waals surface area contributed by atoms with Crippen molar-refractivity contribution in [2.45, 2.75) is 26.8 Å². The summed E-state index contributed by atoms with van der Waals surface area (Å²) in [7, 11) is 1.62. The number of hydrogen-bond acceptors (Lipinski definition) is 5. The maximum atomic E-state index is 13.3. The van der Waals surface area contributed by atoms with Crippen LogP contribution < -0.4 is 15.2 Å². The van der Waals surface area contributed by atoms with E-state index in [1.54, 1.807) is 25.1 Å². The highest BCUT2D eigenvalue weighted by molar-refractivity contribution is 5.95. The zero-order valence-electron chi connectivity index (χ0n) is 19.0. The molecule has 7 heteroatoms. The number of para-hydroxylation sites is 1. The molecule has 32 heavy (non-hydrogen) atoms. The summed E-state index contributed by atoms with van der Waals surface area (Å²) in [6.07, 6.45) is 5.78. The predicted octanol–water partition coefficient (Wildman–Crippen LogP) is 3.18. The molecule has 1 amide bonds. The minimum Gasteiger partial charge on any atom is -0.489 e. The zero-order chi connectivity index (χ0) is 22.8. The van der Waals surface area contributed by atoms with E-state index in [4.69, 9.17) is 9.47 Å². The largest absolute Gasteiger partial charge is 0.489 e. The number of hydrogen-bond donors (Lipinski definition) is 0. The van der Waals surface area contributed by atoms with Crippen LogP contribution >= 0.6 is 0 Å². The summed E-state index contributed by atoms with van der Waals surface area (Å²) >= 11 is 0. The number of ether oxygens (including phenoxy) is 2. The van der Waals surface area contributed by atoms with Crippen LogP contribution in [0.1, 0.15) is 41.5 Å². The van der Waals surface area contributed by atoms with Crippen LogP contribution in [-0.2, 0) is 4.74 Å². The number of fused-ring (bicyclic) bond motifs is 2. The van der Waals surface area contributed by atoms with Crippen LogP contribution in [0, 0.1) is 6.92 Å². The van der Waals surface area contributed by atoms with E-state index in [0.717, 1.165) is 22.5 Å². The maximum Gasteiger partial charge on any atom is 0.274 e. The Labute approximate surface area is 188 Å². The second-order valence-electron chi connectivity index (χ2n) is 8.08. The van der Waals surface area contributed by atoms with E-state index in [2.05, 4.69) is 24.1 Å². The molecular formula is C25H29N3O4. The third-order valence-corrected chi connectivity index (χ3v) is 6.15. The summed E-state index contributed by atoms with van der Waals surface area (Å²) in [5, 5.41) is 2.13. The van der Waals surface area contributed by atoms with Crippen LogP contribution in [0.15, 0.2) is 64.6 Å². The molecule has 1 atom stereocenters. The molecule has 0 saturated heterocycles. The van der Waals surface area contributed by atoms with Crippen molar-refractivity contribution in [2.75, 3.05) is 38.5 Å². The number of methoxy groups -OCH3 is 1. The van der Waals surface area contributed by atoms with Gasteiger partial charge in [0.25, 0.3) is 5.91 Å². The first-order valence-corrected chi connectivity index (χ1v) is 10.8. The van der Waals surface area contributed by atoms with Gasteiger partial charge in [0.1, 0.15) is 24.7 Å². The van der Waals surface area contributed by atoms with E-state index in [1.807, 2.05) is 35.9 Å². The average molecular weight is 436 g/mol. The highest BCUT2D eigenvalue weighted by atomic mass is 16.5. The average Bonchev–Trinajstić information content (AvgIpc) is 2.93.